The zero-order valence-corrected chi connectivity index (χ0v) is 20.4. The number of furan rings is 1. The summed E-state index contributed by atoms with van der Waals surface area (Å²) in [5.74, 6) is 0.635. The van der Waals surface area contributed by atoms with Crippen LogP contribution < -0.4 is 0 Å². The highest BCUT2D eigenvalue weighted by Crippen LogP contribution is 2.40. The molecule has 0 N–H and O–H groups in total. The molecule has 0 atom stereocenters. The van der Waals surface area contributed by atoms with E-state index in [1.165, 1.54) is 11.1 Å². The van der Waals surface area contributed by atoms with E-state index in [9.17, 15) is 0 Å². The second-order valence-electron chi connectivity index (χ2n) is 9.50. The van der Waals surface area contributed by atoms with Crippen molar-refractivity contribution in [2.75, 3.05) is 0 Å². The SMILES string of the molecule is c1ccc(-c2ccc(-c3cnc(-n4c5ccccc5c5c6oc7ccccc7c6ccc54)nc3)cc2)cc1. The lowest BCUT2D eigenvalue weighted by Crippen LogP contribution is -2.00. The summed E-state index contributed by atoms with van der Waals surface area (Å²) in [7, 11) is 0. The van der Waals surface area contributed by atoms with Crippen LogP contribution in [0.25, 0.3) is 71.9 Å². The first-order chi connectivity index (χ1) is 18.8. The summed E-state index contributed by atoms with van der Waals surface area (Å²) in [5.41, 5.74) is 8.33. The van der Waals surface area contributed by atoms with Crippen LogP contribution in [-0.4, -0.2) is 14.5 Å². The maximum atomic E-state index is 6.39. The lowest BCUT2D eigenvalue weighted by molar-refractivity contribution is 0.673. The fourth-order valence-corrected chi connectivity index (χ4v) is 5.52. The standard InChI is InChI=1S/C34H21N3O/c1-2-8-22(9-3-1)23-14-16-24(17-15-23)25-20-35-34(36-21-25)37-29-12-6-4-11-28(29)32-30(37)19-18-27-26-10-5-7-13-31(26)38-33(27)32/h1-21H. The Hall–Kier alpha value is -5.22. The van der Waals surface area contributed by atoms with E-state index in [-0.39, 0.29) is 0 Å². The van der Waals surface area contributed by atoms with Gasteiger partial charge in [0.1, 0.15) is 11.2 Å². The number of fused-ring (bicyclic) bond motifs is 7. The van der Waals surface area contributed by atoms with E-state index in [0.29, 0.717) is 5.95 Å². The van der Waals surface area contributed by atoms with E-state index in [0.717, 1.165) is 54.9 Å². The molecule has 0 aliphatic rings. The van der Waals surface area contributed by atoms with Gasteiger partial charge in [-0.2, -0.15) is 0 Å². The van der Waals surface area contributed by atoms with Crippen molar-refractivity contribution in [3.05, 3.63) is 128 Å². The van der Waals surface area contributed by atoms with Crippen molar-refractivity contribution in [3.63, 3.8) is 0 Å². The zero-order valence-electron chi connectivity index (χ0n) is 20.4. The molecule has 0 saturated heterocycles. The second kappa shape index (κ2) is 8.15. The van der Waals surface area contributed by atoms with Crippen molar-refractivity contribution < 1.29 is 4.42 Å². The minimum absolute atomic E-state index is 0.635. The molecule has 0 unspecified atom stereocenters. The number of hydrogen-bond donors (Lipinski definition) is 0. The van der Waals surface area contributed by atoms with E-state index in [4.69, 9.17) is 14.4 Å². The maximum absolute atomic E-state index is 6.39. The Morgan fingerprint density at radius 3 is 1.89 bits per heavy atom. The number of hydrogen-bond acceptors (Lipinski definition) is 3. The fraction of sp³-hybridized carbons (Fsp3) is 0. The van der Waals surface area contributed by atoms with E-state index >= 15 is 0 Å². The number of para-hydroxylation sites is 2. The molecule has 8 rings (SSSR count). The van der Waals surface area contributed by atoms with Crippen LogP contribution >= 0.6 is 0 Å². The highest BCUT2D eigenvalue weighted by molar-refractivity contribution is 6.23. The Labute approximate surface area is 218 Å². The molecule has 0 radical (unpaired) electrons. The molecule has 178 valence electrons. The molecule has 3 aromatic heterocycles. The van der Waals surface area contributed by atoms with Crippen molar-refractivity contribution in [2.45, 2.75) is 0 Å². The number of rotatable bonds is 3. The van der Waals surface area contributed by atoms with Gasteiger partial charge in [-0.15, -0.1) is 0 Å². The summed E-state index contributed by atoms with van der Waals surface area (Å²) in [6.45, 7) is 0. The van der Waals surface area contributed by atoms with Gasteiger partial charge < -0.3 is 4.42 Å². The fourth-order valence-electron chi connectivity index (χ4n) is 5.52. The van der Waals surface area contributed by atoms with Gasteiger partial charge in [-0.3, -0.25) is 4.57 Å². The molecule has 0 fully saturated rings. The predicted octanol–water partition coefficient (Wildman–Crippen LogP) is 8.81. The number of benzene rings is 5. The first-order valence-corrected chi connectivity index (χ1v) is 12.7. The van der Waals surface area contributed by atoms with Crippen LogP contribution in [0.3, 0.4) is 0 Å². The van der Waals surface area contributed by atoms with Crippen LogP contribution in [0.4, 0.5) is 0 Å². The molecule has 0 bridgehead atoms. The third-order valence-corrected chi connectivity index (χ3v) is 7.34. The van der Waals surface area contributed by atoms with E-state index in [1.807, 2.05) is 30.6 Å². The number of aromatic nitrogens is 3. The van der Waals surface area contributed by atoms with Gasteiger partial charge >= 0.3 is 0 Å². The molecule has 4 nitrogen and oxygen atoms in total. The monoisotopic (exact) mass is 487 g/mol. The largest absolute Gasteiger partial charge is 0.455 e. The van der Waals surface area contributed by atoms with Gasteiger partial charge in [0.25, 0.3) is 0 Å². The zero-order chi connectivity index (χ0) is 25.1. The molecule has 3 heterocycles. The molecule has 0 spiro atoms. The molecule has 4 heteroatoms. The quantitative estimate of drug-likeness (QED) is 0.250. The topological polar surface area (TPSA) is 43.9 Å². The van der Waals surface area contributed by atoms with Gasteiger partial charge in [0.2, 0.25) is 5.95 Å². The molecule has 8 aromatic rings. The van der Waals surface area contributed by atoms with Gasteiger partial charge in [-0.25, -0.2) is 9.97 Å². The first kappa shape index (κ1) is 20.9. The first-order valence-electron chi connectivity index (χ1n) is 12.7. The van der Waals surface area contributed by atoms with Crippen LogP contribution in [0, 0.1) is 0 Å². The van der Waals surface area contributed by atoms with Crippen molar-refractivity contribution in [1.29, 1.82) is 0 Å². The highest BCUT2D eigenvalue weighted by Gasteiger charge is 2.19. The van der Waals surface area contributed by atoms with Crippen molar-refractivity contribution in [3.8, 4) is 28.2 Å². The summed E-state index contributed by atoms with van der Waals surface area (Å²) in [5, 5.41) is 4.45. The normalized spacial score (nSPS) is 11.7. The molecule has 0 aliphatic heterocycles. The van der Waals surface area contributed by atoms with Crippen molar-refractivity contribution >= 4 is 43.7 Å². The van der Waals surface area contributed by atoms with E-state index in [1.54, 1.807) is 0 Å². The summed E-state index contributed by atoms with van der Waals surface area (Å²) in [4.78, 5) is 9.64. The average Bonchev–Trinajstić information content (AvgIpc) is 3.54. The molecular formula is C34H21N3O. The van der Waals surface area contributed by atoms with Gasteiger partial charge in [-0.1, -0.05) is 91.0 Å². The lowest BCUT2D eigenvalue weighted by Gasteiger charge is -2.08. The summed E-state index contributed by atoms with van der Waals surface area (Å²) in [6, 6.07) is 39.8. The predicted molar refractivity (Wildman–Crippen MR) is 155 cm³/mol. The van der Waals surface area contributed by atoms with Crippen LogP contribution in [0.5, 0.6) is 0 Å². The van der Waals surface area contributed by atoms with Crippen molar-refractivity contribution in [2.24, 2.45) is 0 Å². The lowest BCUT2D eigenvalue weighted by atomic mass is 10.0. The van der Waals surface area contributed by atoms with Crippen LogP contribution in [0.1, 0.15) is 0 Å². The van der Waals surface area contributed by atoms with Gasteiger partial charge in [-0.05, 0) is 41.0 Å². The molecule has 0 aliphatic carbocycles. The van der Waals surface area contributed by atoms with Gasteiger partial charge in [0.05, 0.1) is 16.4 Å². The Morgan fingerprint density at radius 1 is 0.474 bits per heavy atom. The molecular weight excluding hydrogens is 466 g/mol. The maximum Gasteiger partial charge on any atom is 0.234 e. The van der Waals surface area contributed by atoms with Gasteiger partial charge in [0.15, 0.2) is 0 Å². The third-order valence-electron chi connectivity index (χ3n) is 7.34. The molecule has 5 aromatic carbocycles. The smallest absolute Gasteiger partial charge is 0.234 e. The van der Waals surface area contributed by atoms with Crippen LogP contribution in [0.15, 0.2) is 132 Å². The molecule has 38 heavy (non-hydrogen) atoms. The van der Waals surface area contributed by atoms with E-state index < -0.39 is 0 Å². The second-order valence-corrected chi connectivity index (χ2v) is 9.50. The Bertz CT molecular complexity index is 2100. The molecule has 0 amide bonds. The minimum atomic E-state index is 0.635. The summed E-state index contributed by atoms with van der Waals surface area (Å²) in [6.07, 6.45) is 3.81. The average molecular weight is 488 g/mol. The highest BCUT2D eigenvalue weighted by atomic mass is 16.3. The minimum Gasteiger partial charge on any atom is -0.455 e. The van der Waals surface area contributed by atoms with Crippen molar-refractivity contribution in [1.82, 2.24) is 14.5 Å². The van der Waals surface area contributed by atoms with E-state index in [2.05, 4.69) is 102 Å². The molecule has 0 saturated carbocycles. The summed E-state index contributed by atoms with van der Waals surface area (Å²) >= 11 is 0. The summed E-state index contributed by atoms with van der Waals surface area (Å²) < 4.78 is 8.51. The Kier molecular flexibility index (Phi) is 4.49. The Balaban J connectivity index is 1.26. The van der Waals surface area contributed by atoms with Crippen LogP contribution in [-0.2, 0) is 0 Å². The van der Waals surface area contributed by atoms with Gasteiger partial charge in [0, 0.05) is 34.1 Å². The van der Waals surface area contributed by atoms with Crippen LogP contribution in [0.2, 0.25) is 0 Å². The Morgan fingerprint density at radius 2 is 1.11 bits per heavy atom. The number of nitrogens with zero attached hydrogens (tertiary/aromatic N) is 3. The third kappa shape index (κ3) is 3.10.